The molecular formula is C54H33NO2. The van der Waals surface area contributed by atoms with Crippen LogP contribution in [0.3, 0.4) is 0 Å². The third-order valence-corrected chi connectivity index (χ3v) is 11.7. The van der Waals surface area contributed by atoms with Crippen LogP contribution in [-0.4, -0.2) is 0 Å². The molecule has 0 spiro atoms. The molecule has 12 rings (SSSR count). The number of hydrogen-bond acceptors (Lipinski definition) is 3. The minimum absolute atomic E-state index is 0.862. The van der Waals surface area contributed by atoms with Crippen molar-refractivity contribution in [2.45, 2.75) is 0 Å². The Balaban J connectivity index is 1.14. The van der Waals surface area contributed by atoms with Gasteiger partial charge in [-0.2, -0.15) is 0 Å². The van der Waals surface area contributed by atoms with Gasteiger partial charge in [-0.05, 0) is 92.2 Å². The van der Waals surface area contributed by atoms with Crippen molar-refractivity contribution < 1.29 is 8.83 Å². The Morgan fingerprint density at radius 2 is 0.860 bits per heavy atom. The summed E-state index contributed by atoms with van der Waals surface area (Å²) in [5.41, 5.74) is 11.2. The largest absolute Gasteiger partial charge is 0.456 e. The summed E-state index contributed by atoms with van der Waals surface area (Å²) in [6.45, 7) is 0. The third-order valence-electron chi connectivity index (χ3n) is 11.7. The zero-order chi connectivity index (χ0) is 37.5. The molecule has 0 saturated heterocycles. The lowest BCUT2D eigenvalue weighted by atomic mass is 9.94. The second kappa shape index (κ2) is 12.5. The molecule has 2 heterocycles. The second-order valence-electron chi connectivity index (χ2n) is 14.8. The van der Waals surface area contributed by atoms with Gasteiger partial charge in [-0.25, -0.2) is 0 Å². The highest BCUT2D eigenvalue weighted by Gasteiger charge is 2.24. The molecule has 0 atom stereocenters. The Labute approximate surface area is 328 Å². The number of fused-ring (bicyclic) bond motifs is 10. The standard InChI is InChI=1S/C54H33NO2/c1-3-16-39-34(12-1)14-9-21-42(39)43-32-33-47(53-45-19-6-8-24-49(45)57-54(43)53)55(46-22-10-15-37-27-26-35-13-2-4-17-40(35)51(37)46)38-30-28-36(29-31-38)41-20-11-25-50-52(41)44-18-5-7-23-48(44)56-50/h1-33H. The van der Waals surface area contributed by atoms with E-state index in [4.69, 9.17) is 8.83 Å². The molecule has 2 aromatic heterocycles. The topological polar surface area (TPSA) is 29.5 Å². The quantitative estimate of drug-likeness (QED) is 0.165. The average Bonchev–Trinajstić information content (AvgIpc) is 3.86. The fourth-order valence-corrected chi connectivity index (χ4v) is 9.11. The van der Waals surface area contributed by atoms with Crippen LogP contribution in [0.15, 0.2) is 209 Å². The molecule has 0 aliphatic carbocycles. The Morgan fingerprint density at radius 1 is 0.298 bits per heavy atom. The smallest absolute Gasteiger partial charge is 0.145 e. The summed E-state index contributed by atoms with van der Waals surface area (Å²) in [6, 6.07) is 71.5. The predicted octanol–water partition coefficient (Wildman–Crippen LogP) is 15.7. The lowest BCUT2D eigenvalue weighted by molar-refractivity contribution is 0.669. The van der Waals surface area contributed by atoms with Crippen molar-refractivity contribution in [3.63, 3.8) is 0 Å². The van der Waals surface area contributed by atoms with Crippen LogP contribution in [0.1, 0.15) is 0 Å². The number of furan rings is 2. The fraction of sp³-hybridized carbons (Fsp3) is 0. The summed E-state index contributed by atoms with van der Waals surface area (Å²) in [7, 11) is 0. The molecule has 0 bridgehead atoms. The van der Waals surface area contributed by atoms with Crippen LogP contribution in [0, 0.1) is 0 Å². The van der Waals surface area contributed by atoms with Crippen LogP contribution in [0.25, 0.3) is 98.4 Å². The maximum absolute atomic E-state index is 6.92. The first-order chi connectivity index (χ1) is 28.3. The number of anilines is 3. The van der Waals surface area contributed by atoms with Gasteiger partial charge in [0.15, 0.2) is 0 Å². The Bertz CT molecular complexity index is 3530. The van der Waals surface area contributed by atoms with Gasteiger partial charge in [-0.3, -0.25) is 0 Å². The molecule has 3 nitrogen and oxygen atoms in total. The zero-order valence-electron chi connectivity index (χ0n) is 30.8. The molecule has 0 aliphatic heterocycles. The number of benzene rings is 10. The van der Waals surface area contributed by atoms with E-state index in [-0.39, 0.29) is 0 Å². The van der Waals surface area contributed by atoms with Crippen LogP contribution in [-0.2, 0) is 0 Å². The Hall–Kier alpha value is -7.62. The van der Waals surface area contributed by atoms with Gasteiger partial charge in [0.25, 0.3) is 0 Å². The van der Waals surface area contributed by atoms with Gasteiger partial charge in [0.1, 0.15) is 22.3 Å². The third kappa shape index (κ3) is 4.86. The zero-order valence-corrected chi connectivity index (χ0v) is 30.8. The van der Waals surface area contributed by atoms with Crippen LogP contribution < -0.4 is 4.90 Å². The van der Waals surface area contributed by atoms with Gasteiger partial charge in [-0.15, -0.1) is 0 Å². The maximum atomic E-state index is 6.92. The maximum Gasteiger partial charge on any atom is 0.145 e. The van der Waals surface area contributed by atoms with Crippen molar-refractivity contribution in [3.8, 4) is 22.3 Å². The molecule has 266 valence electrons. The lowest BCUT2D eigenvalue weighted by Crippen LogP contribution is -2.11. The van der Waals surface area contributed by atoms with E-state index in [1.54, 1.807) is 0 Å². The van der Waals surface area contributed by atoms with E-state index in [9.17, 15) is 0 Å². The molecule has 3 heteroatoms. The molecule has 12 aromatic rings. The van der Waals surface area contributed by atoms with Crippen LogP contribution in [0.5, 0.6) is 0 Å². The second-order valence-corrected chi connectivity index (χ2v) is 14.8. The van der Waals surface area contributed by atoms with Gasteiger partial charge in [0, 0.05) is 32.8 Å². The average molecular weight is 728 g/mol. The monoisotopic (exact) mass is 727 g/mol. The first-order valence-corrected chi connectivity index (χ1v) is 19.4. The van der Waals surface area contributed by atoms with E-state index in [0.717, 1.165) is 83.2 Å². The molecule has 0 N–H and O–H groups in total. The summed E-state index contributed by atoms with van der Waals surface area (Å²) in [6.07, 6.45) is 0. The summed E-state index contributed by atoms with van der Waals surface area (Å²) < 4.78 is 13.2. The highest BCUT2D eigenvalue weighted by atomic mass is 16.3. The van der Waals surface area contributed by atoms with E-state index in [0.29, 0.717) is 0 Å². The Morgan fingerprint density at radius 3 is 1.68 bits per heavy atom. The fourth-order valence-electron chi connectivity index (χ4n) is 9.11. The van der Waals surface area contributed by atoms with Crippen molar-refractivity contribution >= 4 is 93.3 Å². The van der Waals surface area contributed by atoms with Gasteiger partial charge < -0.3 is 13.7 Å². The van der Waals surface area contributed by atoms with Gasteiger partial charge >= 0.3 is 0 Å². The molecule has 57 heavy (non-hydrogen) atoms. The Kier molecular flexibility index (Phi) is 6.93. The van der Waals surface area contributed by atoms with E-state index in [2.05, 4.69) is 193 Å². The lowest BCUT2D eigenvalue weighted by Gasteiger charge is -2.28. The molecule has 0 unspecified atom stereocenters. The highest BCUT2D eigenvalue weighted by Crippen LogP contribution is 2.49. The van der Waals surface area contributed by atoms with E-state index >= 15 is 0 Å². The van der Waals surface area contributed by atoms with Gasteiger partial charge in [0.2, 0.25) is 0 Å². The summed E-state index contributed by atoms with van der Waals surface area (Å²) >= 11 is 0. The number of para-hydroxylation sites is 2. The van der Waals surface area contributed by atoms with Crippen LogP contribution >= 0.6 is 0 Å². The first-order valence-electron chi connectivity index (χ1n) is 19.4. The molecule has 0 amide bonds. The van der Waals surface area contributed by atoms with Crippen molar-refractivity contribution in [2.75, 3.05) is 4.90 Å². The molecule has 0 radical (unpaired) electrons. The van der Waals surface area contributed by atoms with Crippen molar-refractivity contribution in [1.29, 1.82) is 0 Å². The number of rotatable bonds is 5. The number of hydrogen-bond donors (Lipinski definition) is 0. The van der Waals surface area contributed by atoms with E-state index in [1.807, 2.05) is 12.1 Å². The summed E-state index contributed by atoms with van der Waals surface area (Å²) in [4.78, 5) is 2.43. The van der Waals surface area contributed by atoms with Gasteiger partial charge in [0.05, 0.1) is 16.8 Å². The number of nitrogens with zero attached hydrogens (tertiary/aromatic N) is 1. The van der Waals surface area contributed by atoms with E-state index in [1.165, 1.54) is 32.3 Å². The molecule has 0 fully saturated rings. The highest BCUT2D eigenvalue weighted by molar-refractivity contribution is 6.21. The summed E-state index contributed by atoms with van der Waals surface area (Å²) in [5, 5.41) is 11.6. The van der Waals surface area contributed by atoms with Crippen molar-refractivity contribution in [1.82, 2.24) is 0 Å². The molecule has 0 aliphatic rings. The van der Waals surface area contributed by atoms with Crippen molar-refractivity contribution in [2.24, 2.45) is 0 Å². The molecular weight excluding hydrogens is 695 g/mol. The first kappa shape index (κ1) is 31.7. The van der Waals surface area contributed by atoms with Crippen molar-refractivity contribution in [3.05, 3.63) is 200 Å². The van der Waals surface area contributed by atoms with Crippen LogP contribution in [0.2, 0.25) is 0 Å². The SMILES string of the molecule is c1ccc2c(-c3ccc(N(c4ccc(-c5cccc6oc7ccccc7c56)cc4)c4cccc5ccc6ccccc6c45)c4c3oc3ccccc34)cccc2c1. The van der Waals surface area contributed by atoms with E-state index < -0.39 is 0 Å². The normalized spacial score (nSPS) is 11.9. The summed E-state index contributed by atoms with van der Waals surface area (Å²) in [5.74, 6) is 0. The predicted molar refractivity (Wildman–Crippen MR) is 239 cm³/mol. The van der Waals surface area contributed by atoms with Crippen LogP contribution in [0.4, 0.5) is 17.1 Å². The van der Waals surface area contributed by atoms with Gasteiger partial charge in [-0.1, -0.05) is 152 Å². The minimum atomic E-state index is 0.862. The minimum Gasteiger partial charge on any atom is -0.456 e. The molecule has 0 saturated carbocycles. The molecule has 10 aromatic carbocycles.